The van der Waals surface area contributed by atoms with Crippen molar-refractivity contribution in [1.82, 2.24) is 0 Å². The van der Waals surface area contributed by atoms with Crippen molar-refractivity contribution >= 4 is 17.6 Å². The minimum atomic E-state index is -1.000. The molecule has 0 spiro atoms. The summed E-state index contributed by atoms with van der Waals surface area (Å²) in [6, 6.07) is 17.3. The van der Waals surface area contributed by atoms with Gasteiger partial charge < -0.3 is 10.0 Å². The number of hydrogen-bond donors (Lipinski definition) is 1. The second-order valence-corrected chi connectivity index (χ2v) is 4.60. The highest BCUT2D eigenvalue weighted by Crippen LogP contribution is 2.22. The summed E-state index contributed by atoms with van der Waals surface area (Å²) in [5.41, 5.74) is 1.19. The summed E-state index contributed by atoms with van der Waals surface area (Å²) in [7, 11) is 0. The van der Waals surface area contributed by atoms with Gasteiger partial charge in [-0.3, -0.25) is 9.59 Å². The predicted molar refractivity (Wildman–Crippen MR) is 81.5 cm³/mol. The lowest BCUT2D eigenvalue weighted by atomic mass is 10.1. The van der Waals surface area contributed by atoms with Crippen LogP contribution in [0.15, 0.2) is 54.6 Å². The summed E-state index contributed by atoms with van der Waals surface area (Å²) in [4.78, 5) is 24.8. The molecule has 2 aromatic carbocycles. The van der Waals surface area contributed by atoms with Crippen LogP contribution in [0.2, 0.25) is 0 Å². The van der Waals surface area contributed by atoms with Gasteiger partial charge in [0.2, 0.25) is 0 Å². The molecule has 0 unspecified atom stereocenters. The number of carboxylic acid groups (broad SMARTS) is 1. The number of carbonyl (C=O) groups excluding carboxylic acids is 1. The third-order valence-electron chi connectivity index (χ3n) is 3.13. The Balaban J connectivity index is 2.41. The molecular formula is C17H14N2O3. The Morgan fingerprint density at radius 2 is 1.68 bits per heavy atom. The smallest absolute Gasteiger partial charge is 0.305 e. The van der Waals surface area contributed by atoms with Crippen molar-refractivity contribution in [3.8, 4) is 6.07 Å². The molecule has 1 amide bonds. The number of rotatable bonds is 5. The van der Waals surface area contributed by atoms with Crippen molar-refractivity contribution in [2.24, 2.45) is 0 Å². The molecule has 0 atom stereocenters. The van der Waals surface area contributed by atoms with Gasteiger partial charge in [-0.25, -0.2) is 0 Å². The van der Waals surface area contributed by atoms with Crippen molar-refractivity contribution in [2.45, 2.75) is 6.42 Å². The molecule has 0 saturated carbocycles. The van der Waals surface area contributed by atoms with E-state index >= 15 is 0 Å². The molecule has 0 aromatic heterocycles. The van der Waals surface area contributed by atoms with E-state index in [1.807, 2.05) is 6.07 Å². The number of para-hydroxylation sites is 1. The SMILES string of the molecule is N#Cc1ccccc1N(CCC(=O)O)C(=O)c1ccccc1. The number of aliphatic carboxylic acids is 1. The van der Waals surface area contributed by atoms with Crippen molar-refractivity contribution in [2.75, 3.05) is 11.4 Å². The largest absolute Gasteiger partial charge is 0.481 e. The fourth-order valence-electron chi connectivity index (χ4n) is 2.08. The fraction of sp³-hybridized carbons (Fsp3) is 0.118. The number of anilines is 1. The van der Waals surface area contributed by atoms with E-state index in [0.717, 1.165) is 0 Å². The van der Waals surface area contributed by atoms with Crippen LogP contribution in [0, 0.1) is 11.3 Å². The molecule has 110 valence electrons. The first-order valence-electron chi connectivity index (χ1n) is 6.71. The van der Waals surface area contributed by atoms with E-state index in [4.69, 9.17) is 5.11 Å². The van der Waals surface area contributed by atoms with Crippen LogP contribution in [-0.2, 0) is 4.79 Å². The van der Waals surface area contributed by atoms with Gasteiger partial charge >= 0.3 is 5.97 Å². The molecule has 1 N–H and O–H groups in total. The first kappa shape index (κ1) is 15.3. The number of amides is 1. The highest BCUT2D eigenvalue weighted by Gasteiger charge is 2.20. The van der Waals surface area contributed by atoms with Crippen LogP contribution in [-0.4, -0.2) is 23.5 Å². The Labute approximate surface area is 128 Å². The number of carboxylic acids is 1. The normalized spacial score (nSPS) is 9.77. The second-order valence-electron chi connectivity index (χ2n) is 4.60. The summed E-state index contributed by atoms with van der Waals surface area (Å²) < 4.78 is 0. The first-order valence-corrected chi connectivity index (χ1v) is 6.71. The van der Waals surface area contributed by atoms with Crippen LogP contribution in [0.25, 0.3) is 0 Å². The highest BCUT2D eigenvalue weighted by molar-refractivity contribution is 6.06. The molecule has 2 rings (SSSR count). The zero-order valence-corrected chi connectivity index (χ0v) is 11.8. The monoisotopic (exact) mass is 294 g/mol. The van der Waals surface area contributed by atoms with Gasteiger partial charge in [-0.1, -0.05) is 30.3 Å². The van der Waals surface area contributed by atoms with Crippen LogP contribution in [0.1, 0.15) is 22.3 Å². The lowest BCUT2D eigenvalue weighted by Gasteiger charge is -2.23. The van der Waals surface area contributed by atoms with Gasteiger partial charge in [0.15, 0.2) is 0 Å². The second kappa shape index (κ2) is 7.04. The summed E-state index contributed by atoms with van der Waals surface area (Å²) in [5, 5.41) is 18.1. The van der Waals surface area contributed by atoms with Crippen molar-refractivity contribution in [3.05, 3.63) is 65.7 Å². The van der Waals surface area contributed by atoms with Crippen LogP contribution < -0.4 is 4.90 Å². The van der Waals surface area contributed by atoms with Gasteiger partial charge in [0.1, 0.15) is 6.07 Å². The predicted octanol–water partition coefficient (Wildman–Crippen LogP) is 2.68. The summed E-state index contributed by atoms with van der Waals surface area (Å²) in [5.74, 6) is -1.33. The Morgan fingerprint density at radius 1 is 1.05 bits per heavy atom. The maximum atomic E-state index is 12.6. The standard InChI is InChI=1S/C17H14N2O3/c18-12-14-8-4-5-9-15(14)19(11-10-16(20)21)17(22)13-6-2-1-3-7-13/h1-9H,10-11H2,(H,20,21). The van der Waals surface area contributed by atoms with Crippen molar-refractivity contribution in [3.63, 3.8) is 0 Å². The third-order valence-corrected chi connectivity index (χ3v) is 3.13. The molecule has 0 fully saturated rings. The lowest BCUT2D eigenvalue weighted by molar-refractivity contribution is -0.136. The Bertz CT molecular complexity index is 720. The number of hydrogen-bond acceptors (Lipinski definition) is 3. The topological polar surface area (TPSA) is 81.4 Å². The van der Waals surface area contributed by atoms with E-state index in [-0.39, 0.29) is 18.9 Å². The molecule has 0 aliphatic rings. The molecule has 0 aliphatic carbocycles. The maximum Gasteiger partial charge on any atom is 0.305 e. The average Bonchev–Trinajstić information content (AvgIpc) is 2.55. The van der Waals surface area contributed by atoms with Gasteiger partial charge in [-0.05, 0) is 24.3 Å². The van der Waals surface area contributed by atoms with Crippen molar-refractivity contribution in [1.29, 1.82) is 5.26 Å². The molecular weight excluding hydrogens is 280 g/mol. The maximum absolute atomic E-state index is 12.6. The van der Waals surface area contributed by atoms with Gasteiger partial charge in [0.25, 0.3) is 5.91 Å². The quantitative estimate of drug-likeness (QED) is 0.919. The number of nitrogens with zero attached hydrogens (tertiary/aromatic N) is 2. The number of nitriles is 1. The van der Waals surface area contributed by atoms with Gasteiger partial charge in [-0.2, -0.15) is 5.26 Å². The van der Waals surface area contributed by atoms with Gasteiger partial charge in [-0.15, -0.1) is 0 Å². The Hall–Kier alpha value is -3.13. The van der Waals surface area contributed by atoms with Gasteiger partial charge in [0, 0.05) is 12.1 Å². The molecule has 2 aromatic rings. The summed E-state index contributed by atoms with van der Waals surface area (Å²) >= 11 is 0. The summed E-state index contributed by atoms with van der Waals surface area (Å²) in [6.45, 7) is 0.00174. The average molecular weight is 294 g/mol. The molecule has 22 heavy (non-hydrogen) atoms. The first-order chi connectivity index (χ1) is 10.6. The van der Waals surface area contributed by atoms with E-state index in [9.17, 15) is 14.9 Å². The zero-order valence-electron chi connectivity index (χ0n) is 11.8. The minimum absolute atomic E-state index is 0.00174. The Kier molecular flexibility index (Phi) is 4.89. The number of carbonyl (C=O) groups is 2. The van der Waals surface area contributed by atoms with Crippen LogP contribution >= 0.6 is 0 Å². The minimum Gasteiger partial charge on any atom is -0.481 e. The van der Waals surface area contributed by atoms with Crippen LogP contribution in [0.5, 0.6) is 0 Å². The fourth-order valence-corrected chi connectivity index (χ4v) is 2.08. The van der Waals surface area contributed by atoms with Gasteiger partial charge in [0.05, 0.1) is 17.7 Å². The molecule has 0 heterocycles. The molecule has 5 nitrogen and oxygen atoms in total. The lowest BCUT2D eigenvalue weighted by Crippen LogP contribution is -2.33. The van der Waals surface area contributed by atoms with Crippen LogP contribution in [0.3, 0.4) is 0 Å². The van der Waals surface area contributed by atoms with E-state index in [0.29, 0.717) is 16.8 Å². The van der Waals surface area contributed by atoms with E-state index in [1.165, 1.54) is 4.90 Å². The van der Waals surface area contributed by atoms with Crippen molar-refractivity contribution < 1.29 is 14.7 Å². The Morgan fingerprint density at radius 3 is 2.32 bits per heavy atom. The molecule has 0 radical (unpaired) electrons. The summed E-state index contributed by atoms with van der Waals surface area (Å²) in [6.07, 6.45) is -0.196. The zero-order chi connectivity index (χ0) is 15.9. The third kappa shape index (κ3) is 3.49. The highest BCUT2D eigenvalue weighted by atomic mass is 16.4. The van der Waals surface area contributed by atoms with E-state index < -0.39 is 5.97 Å². The van der Waals surface area contributed by atoms with Crippen LogP contribution in [0.4, 0.5) is 5.69 Å². The van der Waals surface area contributed by atoms with E-state index in [2.05, 4.69) is 0 Å². The molecule has 5 heteroatoms. The number of benzene rings is 2. The van der Waals surface area contributed by atoms with E-state index in [1.54, 1.807) is 54.6 Å². The molecule has 0 bridgehead atoms. The molecule has 0 saturated heterocycles. The molecule has 0 aliphatic heterocycles.